The first kappa shape index (κ1) is 19.1. The molecule has 0 fully saturated rings. The van der Waals surface area contributed by atoms with Gasteiger partial charge >= 0.3 is 12.1 Å². The molecular weight excluding hydrogens is 276 g/mol. The average molecular weight is 300 g/mol. The van der Waals surface area contributed by atoms with Gasteiger partial charge in [-0.15, -0.1) is 0 Å². The van der Waals surface area contributed by atoms with E-state index in [0.29, 0.717) is 6.61 Å². The van der Waals surface area contributed by atoms with Gasteiger partial charge in [-0.25, -0.2) is 4.79 Å². The highest BCUT2D eigenvalue weighted by Gasteiger charge is 2.24. The minimum absolute atomic E-state index is 0.0380. The summed E-state index contributed by atoms with van der Waals surface area (Å²) in [7, 11) is 0. The van der Waals surface area contributed by atoms with Crippen molar-refractivity contribution in [2.24, 2.45) is 11.0 Å². The molecule has 0 saturated heterocycles. The number of alkyl carbamates (subject to hydrolysis) is 1. The monoisotopic (exact) mass is 300 g/mol. The zero-order valence-electron chi connectivity index (χ0n) is 13.3. The lowest BCUT2D eigenvalue weighted by atomic mass is 9.98. The van der Waals surface area contributed by atoms with E-state index in [0.717, 1.165) is 0 Å². The molecule has 0 saturated carbocycles. The predicted octanol–water partition coefficient (Wildman–Crippen LogP) is 2.78. The Morgan fingerprint density at radius 3 is 2.48 bits per heavy atom. The van der Waals surface area contributed by atoms with E-state index in [-0.39, 0.29) is 24.9 Å². The highest BCUT2D eigenvalue weighted by Crippen LogP contribution is 2.12. The third-order valence-corrected chi connectivity index (χ3v) is 2.52. The van der Waals surface area contributed by atoms with E-state index in [1.807, 2.05) is 0 Å². The number of nitrogens with one attached hydrogen (secondary N) is 1. The number of nitrogens with zero attached hydrogens (tertiary/aromatic N) is 3. The second kappa shape index (κ2) is 9.07. The van der Waals surface area contributed by atoms with E-state index in [4.69, 9.17) is 15.0 Å². The smallest absolute Gasteiger partial charge is 0.407 e. The summed E-state index contributed by atoms with van der Waals surface area (Å²) in [5.74, 6) is -0.607. The summed E-state index contributed by atoms with van der Waals surface area (Å²) >= 11 is 0. The van der Waals surface area contributed by atoms with Gasteiger partial charge in [0, 0.05) is 17.5 Å². The van der Waals surface area contributed by atoms with Gasteiger partial charge < -0.3 is 14.8 Å². The first-order valence-corrected chi connectivity index (χ1v) is 6.85. The number of carbonyl (C=O) groups is 2. The van der Waals surface area contributed by atoms with Crippen molar-refractivity contribution in [2.45, 2.75) is 52.7 Å². The van der Waals surface area contributed by atoms with Crippen LogP contribution in [0.2, 0.25) is 0 Å². The van der Waals surface area contributed by atoms with E-state index in [1.54, 1.807) is 34.6 Å². The van der Waals surface area contributed by atoms with Crippen LogP contribution in [0, 0.1) is 5.92 Å². The summed E-state index contributed by atoms with van der Waals surface area (Å²) in [5, 5.41) is 6.08. The normalized spacial score (nSPS) is 13.6. The Morgan fingerprint density at radius 2 is 2.00 bits per heavy atom. The zero-order valence-corrected chi connectivity index (χ0v) is 13.3. The first-order valence-electron chi connectivity index (χ1n) is 6.85. The van der Waals surface area contributed by atoms with Gasteiger partial charge in [0.1, 0.15) is 5.60 Å². The molecule has 120 valence electrons. The Hall–Kier alpha value is -1.95. The minimum atomic E-state index is -0.627. The van der Waals surface area contributed by atoms with Crippen molar-refractivity contribution < 1.29 is 19.1 Å². The number of ether oxygens (including phenoxy) is 2. The summed E-state index contributed by atoms with van der Waals surface area (Å²) in [4.78, 5) is 25.9. The maximum absolute atomic E-state index is 11.8. The van der Waals surface area contributed by atoms with Crippen molar-refractivity contribution in [1.29, 1.82) is 0 Å². The fraction of sp³-hybridized carbons (Fsp3) is 0.846. The Morgan fingerprint density at radius 1 is 1.38 bits per heavy atom. The van der Waals surface area contributed by atoms with Crippen molar-refractivity contribution in [3.8, 4) is 0 Å². The van der Waals surface area contributed by atoms with Crippen LogP contribution in [-0.2, 0) is 14.3 Å². The Bertz CT molecular complexity index is 399. The molecule has 21 heavy (non-hydrogen) atoms. The van der Waals surface area contributed by atoms with Gasteiger partial charge in [0.15, 0.2) is 0 Å². The van der Waals surface area contributed by atoms with E-state index in [1.165, 1.54) is 0 Å². The van der Waals surface area contributed by atoms with Crippen LogP contribution in [0.3, 0.4) is 0 Å². The maximum atomic E-state index is 11.8. The van der Waals surface area contributed by atoms with Gasteiger partial charge in [0.25, 0.3) is 0 Å². The molecule has 0 aromatic heterocycles. The van der Waals surface area contributed by atoms with Gasteiger partial charge in [-0.1, -0.05) is 12.0 Å². The van der Waals surface area contributed by atoms with Gasteiger partial charge in [-0.3, -0.25) is 4.79 Å². The predicted molar refractivity (Wildman–Crippen MR) is 77.6 cm³/mol. The number of hydrogen-bond acceptors (Lipinski definition) is 5. The Balaban J connectivity index is 4.66. The lowest BCUT2D eigenvalue weighted by Gasteiger charge is -2.26. The minimum Gasteiger partial charge on any atom is -0.466 e. The van der Waals surface area contributed by atoms with E-state index in [2.05, 4.69) is 15.3 Å². The average Bonchev–Trinajstić information content (AvgIpc) is 2.32. The highest BCUT2D eigenvalue weighted by atomic mass is 16.6. The number of esters is 1. The summed E-state index contributed by atoms with van der Waals surface area (Å²) in [5.41, 5.74) is 7.78. The molecule has 1 N–H and O–H groups in total. The lowest BCUT2D eigenvalue weighted by molar-refractivity contribution is -0.144. The van der Waals surface area contributed by atoms with Crippen LogP contribution >= 0.6 is 0 Å². The summed E-state index contributed by atoms with van der Waals surface area (Å²) in [6.45, 7) is 9.07. The molecule has 0 bridgehead atoms. The second-order valence-corrected chi connectivity index (χ2v) is 5.65. The van der Waals surface area contributed by atoms with Gasteiger partial charge in [0.2, 0.25) is 0 Å². The largest absolute Gasteiger partial charge is 0.466 e. The van der Waals surface area contributed by atoms with Gasteiger partial charge in [-0.05, 0) is 39.1 Å². The van der Waals surface area contributed by atoms with Crippen molar-refractivity contribution in [2.75, 3.05) is 13.2 Å². The molecule has 0 aromatic rings. The molecule has 8 nitrogen and oxygen atoms in total. The lowest BCUT2D eigenvalue weighted by Crippen LogP contribution is -2.44. The maximum Gasteiger partial charge on any atom is 0.407 e. The zero-order chi connectivity index (χ0) is 16.5. The summed E-state index contributed by atoms with van der Waals surface area (Å²) < 4.78 is 10.0. The highest BCUT2D eigenvalue weighted by molar-refractivity contribution is 5.70. The van der Waals surface area contributed by atoms with Crippen molar-refractivity contribution >= 4 is 12.1 Å². The molecule has 0 spiro atoms. The van der Waals surface area contributed by atoms with Crippen LogP contribution in [0.1, 0.15) is 41.0 Å². The number of hydrogen-bond donors (Lipinski definition) is 1. The van der Waals surface area contributed by atoms with Crippen LogP contribution < -0.4 is 5.32 Å². The first-order chi connectivity index (χ1) is 9.69. The molecule has 2 atom stereocenters. The molecule has 0 aliphatic rings. The Kier molecular flexibility index (Phi) is 8.23. The van der Waals surface area contributed by atoms with Gasteiger partial charge in [0.05, 0.1) is 13.0 Å². The van der Waals surface area contributed by atoms with E-state index < -0.39 is 17.7 Å². The molecule has 0 unspecified atom stereocenters. The molecule has 1 amide bonds. The quantitative estimate of drug-likeness (QED) is 0.337. The van der Waals surface area contributed by atoms with Crippen LogP contribution in [0.15, 0.2) is 5.11 Å². The molecule has 0 aliphatic carbocycles. The molecule has 0 heterocycles. The molecular formula is C13H24N4O4. The van der Waals surface area contributed by atoms with Crippen molar-refractivity contribution in [3.05, 3.63) is 10.4 Å². The third-order valence-electron chi connectivity index (χ3n) is 2.52. The van der Waals surface area contributed by atoms with Crippen LogP contribution in [0.5, 0.6) is 0 Å². The van der Waals surface area contributed by atoms with Crippen molar-refractivity contribution in [3.63, 3.8) is 0 Å². The van der Waals surface area contributed by atoms with Crippen LogP contribution in [0.4, 0.5) is 4.79 Å². The van der Waals surface area contributed by atoms with E-state index >= 15 is 0 Å². The Labute approximate surface area is 124 Å². The molecule has 0 aliphatic heterocycles. The number of rotatable bonds is 7. The number of carbonyl (C=O) groups excluding carboxylic acids is 2. The summed E-state index contributed by atoms with van der Waals surface area (Å²) in [6, 6.07) is -0.500. The molecule has 8 heteroatoms. The number of amides is 1. The molecule has 0 aromatic carbocycles. The fourth-order valence-corrected chi connectivity index (χ4v) is 1.58. The van der Waals surface area contributed by atoms with Crippen molar-refractivity contribution in [1.82, 2.24) is 5.32 Å². The van der Waals surface area contributed by atoms with Gasteiger partial charge in [-0.2, -0.15) is 0 Å². The molecule has 0 radical (unpaired) electrons. The summed E-state index contributed by atoms with van der Waals surface area (Å²) in [6.07, 6.45) is -0.494. The number of azide groups is 1. The van der Waals surface area contributed by atoms with Crippen LogP contribution in [0.25, 0.3) is 10.4 Å². The van der Waals surface area contributed by atoms with Crippen LogP contribution in [-0.4, -0.2) is 36.9 Å². The fourth-order valence-electron chi connectivity index (χ4n) is 1.58. The van der Waals surface area contributed by atoms with E-state index in [9.17, 15) is 9.59 Å². The molecule has 0 rings (SSSR count). The SMILES string of the molecule is CCOC(=O)C[C@H](C)[C@@H](CN=[N+]=[N-])NC(=O)OC(C)(C)C. The second-order valence-electron chi connectivity index (χ2n) is 5.65. The third kappa shape index (κ3) is 9.56. The standard InChI is InChI=1S/C13H24N4O4/c1-6-20-11(18)7-9(2)10(8-15-17-14)16-12(19)21-13(3,4)5/h9-10H,6-8H2,1-5H3,(H,16,19)/t9-,10+/m0/s1. The topological polar surface area (TPSA) is 113 Å².